The fourth-order valence-electron chi connectivity index (χ4n) is 11.2. The molecule has 13 aromatic rings. The topological polar surface area (TPSA) is 4.93 Å². The van der Waals surface area contributed by atoms with Gasteiger partial charge in [0.2, 0.25) is 0 Å². The molecule has 0 aliphatic carbocycles. The van der Waals surface area contributed by atoms with Crippen LogP contribution in [0, 0.1) is 0 Å². The third kappa shape index (κ3) is 5.30. The molecule has 0 atom stereocenters. The Kier molecular flexibility index (Phi) is 7.62. The van der Waals surface area contributed by atoms with Crippen molar-refractivity contribution < 1.29 is 0 Å². The second-order valence-electron chi connectivity index (χ2n) is 17.6. The normalized spacial score (nSPS) is 12.7. The number of fused-ring (bicyclic) bond motifs is 13. The summed E-state index contributed by atoms with van der Waals surface area (Å²) in [7, 11) is -0.722. The van der Waals surface area contributed by atoms with Crippen molar-refractivity contribution in [1.82, 2.24) is 4.57 Å². The minimum atomic E-state index is -0.722. The molecule has 0 radical (unpaired) electrons. The van der Waals surface area contributed by atoms with E-state index in [2.05, 4.69) is 229 Å². The first-order valence-electron chi connectivity index (χ1n) is 22.4. The molecule has 0 N–H and O–H groups in total. The molecule has 1 aliphatic rings. The molecular formula is C62H39NSi. The van der Waals surface area contributed by atoms with Crippen LogP contribution in [-0.2, 0) is 0 Å². The van der Waals surface area contributed by atoms with Gasteiger partial charge in [0.05, 0.1) is 20.6 Å². The minimum Gasteiger partial charge on any atom is -0.309 e. The van der Waals surface area contributed by atoms with Gasteiger partial charge in [-0.15, -0.1) is 0 Å². The van der Waals surface area contributed by atoms with Crippen molar-refractivity contribution in [3.05, 3.63) is 224 Å². The largest absolute Gasteiger partial charge is 0.309 e. The maximum atomic E-state index is 2.52. The van der Waals surface area contributed by atoms with E-state index in [1.165, 1.54) is 136 Å². The summed E-state index contributed by atoms with van der Waals surface area (Å²) in [5, 5.41) is 18.4. The first kappa shape index (κ1) is 35.5. The van der Waals surface area contributed by atoms with Crippen LogP contribution in [0.1, 0.15) is 0 Å². The van der Waals surface area contributed by atoms with Crippen LogP contribution < -0.4 is 10.4 Å². The van der Waals surface area contributed by atoms with Gasteiger partial charge < -0.3 is 4.57 Å². The smallest absolute Gasteiger partial charge is 0.0892 e. The van der Waals surface area contributed by atoms with Crippen LogP contribution in [0.4, 0.5) is 0 Å². The first-order valence-corrected chi connectivity index (χ1v) is 23.8. The number of aromatic nitrogens is 1. The zero-order valence-corrected chi connectivity index (χ0v) is 36.4. The van der Waals surface area contributed by atoms with Gasteiger partial charge in [-0.25, -0.2) is 0 Å². The zero-order chi connectivity index (χ0) is 41.9. The lowest BCUT2D eigenvalue weighted by Crippen LogP contribution is -2.21. The van der Waals surface area contributed by atoms with Gasteiger partial charge in [0.15, 0.2) is 0 Å². The van der Waals surface area contributed by atoms with Crippen LogP contribution in [0.2, 0.25) is 0 Å². The maximum Gasteiger partial charge on any atom is 0.0892 e. The zero-order valence-electron chi connectivity index (χ0n) is 35.0. The third-order valence-electron chi connectivity index (χ3n) is 14.1. The number of nitrogens with zero attached hydrogens (tertiary/aromatic N) is 1. The Morgan fingerprint density at radius 2 is 0.703 bits per heavy atom. The van der Waals surface area contributed by atoms with Crippen LogP contribution in [0.15, 0.2) is 224 Å². The summed E-state index contributed by atoms with van der Waals surface area (Å²) < 4.78 is 2.52. The summed E-state index contributed by atoms with van der Waals surface area (Å²) >= 11 is 0. The second kappa shape index (κ2) is 13.7. The van der Waals surface area contributed by atoms with Gasteiger partial charge in [-0.3, -0.25) is 0 Å². The van der Waals surface area contributed by atoms with Gasteiger partial charge in [-0.2, -0.15) is 0 Å². The van der Waals surface area contributed by atoms with Crippen molar-refractivity contribution in [3.63, 3.8) is 0 Å². The summed E-state index contributed by atoms with van der Waals surface area (Å²) in [5.74, 6) is 0. The molecule has 0 saturated heterocycles. The molecular weight excluding hydrogens is 787 g/mol. The van der Waals surface area contributed by atoms with E-state index in [0.29, 0.717) is 0 Å². The summed E-state index contributed by atoms with van der Waals surface area (Å²) in [4.78, 5) is 0. The molecule has 0 unspecified atom stereocenters. The lowest BCUT2D eigenvalue weighted by Gasteiger charge is -2.13. The average Bonchev–Trinajstić information content (AvgIpc) is 3.89. The van der Waals surface area contributed by atoms with Crippen molar-refractivity contribution in [1.29, 1.82) is 0 Å². The molecule has 14 rings (SSSR count). The standard InChI is InChI=1S/C62H39NSi/c1-4-16-45-38(12-1)15-11-23-46(45)43-24-28-53-54-29-27-44(37-62(54)64-61(53)36-43)63-59-30-25-41(55-32-39-13-2-5-17-47(39)49-19-7-9-21-51(49)55)34-57(59)58-35-42(26-31-60(58)63)56-33-40-14-3-6-18-48(40)50-20-8-10-22-52(50)56/h1-37H,64H2. The molecule has 1 nitrogen and oxygen atoms in total. The summed E-state index contributed by atoms with van der Waals surface area (Å²) in [6.45, 7) is 0. The van der Waals surface area contributed by atoms with Gasteiger partial charge in [-0.1, -0.05) is 186 Å². The highest BCUT2D eigenvalue weighted by molar-refractivity contribution is 6.73. The van der Waals surface area contributed by atoms with Gasteiger partial charge in [0.25, 0.3) is 0 Å². The molecule has 64 heavy (non-hydrogen) atoms. The SMILES string of the molecule is c1ccc2c(-c3ccc4c(c3)[SiH2]c3cc(-n5c6ccc(-c7cc8ccccc8c8ccccc78)cc6c6cc(-c7cc8ccccc8c8ccccc78)ccc65)ccc3-4)cccc2c1. The molecule has 0 saturated carbocycles. The predicted octanol–water partition coefficient (Wildman–Crippen LogP) is 14.7. The molecule has 296 valence electrons. The van der Waals surface area contributed by atoms with Crippen molar-refractivity contribution in [2.75, 3.05) is 0 Å². The van der Waals surface area contributed by atoms with Crippen LogP contribution in [0.5, 0.6) is 0 Å². The number of hydrogen-bond donors (Lipinski definition) is 0. The van der Waals surface area contributed by atoms with Crippen LogP contribution >= 0.6 is 0 Å². The fourth-order valence-corrected chi connectivity index (χ4v) is 13.2. The molecule has 1 aliphatic heterocycles. The second-order valence-corrected chi connectivity index (χ2v) is 19.5. The van der Waals surface area contributed by atoms with Crippen LogP contribution in [-0.4, -0.2) is 14.1 Å². The summed E-state index contributed by atoms with van der Waals surface area (Å²) in [6, 6.07) is 84.4. The van der Waals surface area contributed by atoms with Crippen molar-refractivity contribution in [2.24, 2.45) is 0 Å². The Morgan fingerprint density at radius 1 is 0.250 bits per heavy atom. The van der Waals surface area contributed by atoms with E-state index in [9.17, 15) is 0 Å². The number of rotatable bonds is 4. The van der Waals surface area contributed by atoms with Crippen molar-refractivity contribution >= 4 is 95.6 Å². The lowest BCUT2D eigenvalue weighted by atomic mass is 9.92. The Morgan fingerprint density at radius 3 is 1.31 bits per heavy atom. The number of benzene rings is 12. The molecule has 0 bridgehead atoms. The third-order valence-corrected chi connectivity index (χ3v) is 16.1. The Hall–Kier alpha value is -8.04. The van der Waals surface area contributed by atoms with E-state index in [0.717, 1.165) is 0 Å². The quantitative estimate of drug-likeness (QED) is 0.123. The van der Waals surface area contributed by atoms with Gasteiger partial charge in [0.1, 0.15) is 0 Å². The van der Waals surface area contributed by atoms with E-state index < -0.39 is 9.52 Å². The first-order chi connectivity index (χ1) is 31.7. The molecule has 0 amide bonds. The van der Waals surface area contributed by atoms with Gasteiger partial charge in [-0.05, 0) is 147 Å². The minimum absolute atomic E-state index is 0.722. The summed E-state index contributed by atoms with van der Waals surface area (Å²) in [5.41, 5.74) is 14.1. The summed E-state index contributed by atoms with van der Waals surface area (Å²) in [6.07, 6.45) is 0. The van der Waals surface area contributed by atoms with E-state index in [-0.39, 0.29) is 0 Å². The molecule has 0 spiro atoms. The Labute approximate surface area is 372 Å². The molecule has 1 aromatic heterocycles. The monoisotopic (exact) mass is 825 g/mol. The highest BCUT2D eigenvalue weighted by Gasteiger charge is 2.23. The lowest BCUT2D eigenvalue weighted by molar-refractivity contribution is 1.18. The van der Waals surface area contributed by atoms with Crippen molar-refractivity contribution in [3.8, 4) is 50.2 Å². The highest BCUT2D eigenvalue weighted by atomic mass is 28.2. The van der Waals surface area contributed by atoms with Crippen LogP contribution in [0.25, 0.3) is 126 Å². The van der Waals surface area contributed by atoms with E-state index in [4.69, 9.17) is 0 Å². The Balaban J connectivity index is 0.963. The van der Waals surface area contributed by atoms with E-state index in [1.807, 2.05) is 0 Å². The molecule has 12 aromatic carbocycles. The van der Waals surface area contributed by atoms with E-state index in [1.54, 1.807) is 0 Å². The molecule has 2 heteroatoms. The van der Waals surface area contributed by atoms with Gasteiger partial charge in [0, 0.05) is 16.5 Å². The fraction of sp³-hybridized carbons (Fsp3) is 0. The predicted molar refractivity (Wildman–Crippen MR) is 278 cm³/mol. The van der Waals surface area contributed by atoms with Crippen molar-refractivity contribution in [2.45, 2.75) is 0 Å². The van der Waals surface area contributed by atoms with Gasteiger partial charge >= 0.3 is 0 Å². The van der Waals surface area contributed by atoms with E-state index >= 15 is 0 Å². The highest BCUT2D eigenvalue weighted by Crippen LogP contribution is 2.42. The molecule has 2 heterocycles. The maximum absolute atomic E-state index is 2.52. The molecule has 0 fully saturated rings. The number of hydrogen-bond acceptors (Lipinski definition) is 0. The Bertz CT molecular complexity index is 3930. The average molecular weight is 826 g/mol. The van der Waals surface area contributed by atoms with Crippen LogP contribution in [0.3, 0.4) is 0 Å².